The number of primary amides is 1. The van der Waals surface area contributed by atoms with E-state index in [1.807, 2.05) is 18.2 Å². The molecule has 1 aromatic heterocycles. The van der Waals surface area contributed by atoms with E-state index >= 15 is 0 Å². The predicted molar refractivity (Wildman–Crippen MR) is 67.8 cm³/mol. The molecule has 4 heteroatoms. The SMILES string of the molecule is NC(=O)CC(=O)c1cccc(-c2cccnc2)c1. The second kappa shape index (κ2) is 5.23. The first kappa shape index (κ1) is 12.0. The molecule has 1 aromatic carbocycles. The minimum atomic E-state index is -0.619. The number of nitrogens with zero attached hydrogens (tertiary/aromatic N) is 1. The van der Waals surface area contributed by atoms with Gasteiger partial charge in [0.25, 0.3) is 0 Å². The summed E-state index contributed by atoms with van der Waals surface area (Å²) in [5.74, 6) is -0.889. The molecule has 2 aromatic rings. The Kier molecular flexibility index (Phi) is 3.48. The zero-order chi connectivity index (χ0) is 13.0. The van der Waals surface area contributed by atoms with Gasteiger partial charge in [0.2, 0.25) is 5.91 Å². The van der Waals surface area contributed by atoms with Gasteiger partial charge in [-0.3, -0.25) is 14.6 Å². The lowest BCUT2D eigenvalue weighted by molar-refractivity contribution is -0.117. The van der Waals surface area contributed by atoms with Crippen molar-refractivity contribution >= 4 is 11.7 Å². The molecule has 0 bridgehead atoms. The van der Waals surface area contributed by atoms with E-state index in [9.17, 15) is 9.59 Å². The quantitative estimate of drug-likeness (QED) is 0.654. The van der Waals surface area contributed by atoms with Gasteiger partial charge >= 0.3 is 0 Å². The average Bonchev–Trinajstić information content (AvgIpc) is 2.39. The molecule has 0 saturated carbocycles. The summed E-state index contributed by atoms with van der Waals surface area (Å²) in [7, 11) is 0. The van der Waals surface area contributed by atoms with Crippen LogP contribution in [-0.2, 0) is 4.79 Å². The van der Waals surface area contributed by atoms with Gasteiger partial charge in [0.05, 0.1) is 6.42 Å². The molecule has 0 atom stereocenters. The summed E-state index contributed by atoms with van der Waals surface area (Å²) >= 11 is 0. The number of nitrogens with two attached hydrogens (primary N) is 1. The lowest BCUT2D eigenvalue weighted by Gasteiger charge is -2.03. The molecule has 2 N–H and O–H groups in total. The first-order valence-corrected chi connectivity index (χ1v) is 5.49. The summed E-state index contributed by atoms with van der Waals surface area (Å²) in [6.07, 6.45) is 3.14. The number of pyridine rings is 1. The molecule has 1 amide bonds. The number of Topliss-reactive ketones (excluding diaryl/α,β-unsaturated/α-hetero) is 1. The van der Waals surface area contributed by atoms with Gasteiger partial charge in [-0.2, -0.15) is 0 Å². The smallest absolute Gasteiger partial charge is 0.225 e. The van der Waals surface area contributed by atoms with Crippen LogP contribution >= 0.6 is 0 Å². The van der Waals surface area contributed by atoms with Crippen molar-refractivity contribution in [1.82, 2.24) is 4.98 Å². The minimum Gasteiger partial charge on any atom is -0.369 e. The van der Waals surface area contributed by atoms with Crippen molar-refractivity contribution in [3.63, 3.8) is 0 Å². The highest BCUT2D eigenvalue weighted by Crippen LogP contribution is 2.19. The molecule has 0 aliphatic carbocycles. The average molecular weight is 240 g/mol. The molecule has 1 heterocycles. The number of benzene rings is 1. The van der Waals surface area contributed by atoms with Crippen LogP contribution in [0.25, 0.3) is 11.1 Å². The fraction of sp³-hybridized carbons (Fsp3) is 0.0714. The number of amides is 1. The molecule has 0 spiro atoms. The standard InChI is InChI=1S/C14H12N2O2/c15-14(18)8-13(17)11-4-1-3-10(7-11)12-5-2-6-16-9-12/h1-7,9H,8H2,(H2,15,18). The highest BCUT2D eigenvalue weighted by atomic mass is 16.2. The van der Waals surface area contributed by atoms with E-state index in [-0.39, 0.29) is 12.2 Å². The molecule has 2 rings (SSSR count). The topological polar surface area (TPSA) is 73.1 Å². The summed E-state index contributed by atoms with van der Waals surface area (Å²) in [6, 6.07) is 10.8. The van der Waals surface area contributed by atoms with Crippen LogP contribution in [0.3, 0.4) is 0 Å². The Labute approximate surface area is 104 Å². The van der Waals surface area contributed by atoms with Crippen molar-refractivity contribution in [2.24, 2.45) is 5.73 Å². The third-order valence-corrected chi connectivity index (χ3v) is 2.51. The second-order valence-electron chi connectivity index (χ2n) is 3.89. The van der Waals surface area contributed by atoms with Crippen molar-refractivity contribution < 1.29 is 9.59 Å². The van der Waals surface area contributed by atoms with E-state index in [2.05, 4.69) is 4.98 Å². The minimum absolute atomic E-state index is 0.267. The van der Waals surface area contributed by atoms with Crippen LogP contribution in [0.2, 0.25) is 0 Å². The Morgan fingerprint density at radius 1 is 1.11 bits per heavy atom. The van der Waals surface area contributed by atoms with Crippen molar-refractivity contribution in [2.45, 2.75) is 6.42 Å². The van der Waals surface area contributed by atoms with Gasteiger partial charge in [-0.05, 0) is 17.7 Å². The molecule has 0 saturated heterocycles. The Balaban J connectivity index is 2.31. The highest BCUT2D eigenvalue weighted by Gasteiger charge is 2.10. The van der Waals surface area contributed by atoms with Crippen LogP contribution in [-0.4, -0.2) is 16.7 Å². The van der Waals surface area contributed by atoms with E-state index < -0.39 is 5.91 Å². The van der Waals surface area contributed by atoms with Gasteiger partial charge in [-0.25, -0.2) is 0 Å². The molecule has 0 fully saturated rings. The maximum absolute atomic E-state index is 11.7. The fourth-order valence-electron chi connectivity index (χ4n) is 1.67. The van der Waals surface area contributed by atoms with Gasteiger partial charge in [0, 0.05) is 23.5 Å². The van der Waals surface area contributed by atoms with E-state index in [0.29, 0.717) is 5.56 Å². The van der Waals surface area contributed by atoms with Crippen molar-refractivity contribution in [3.8, 4) is 11.1 Å². The molecule has 0 aliphatic heterocycles. The van der Waals surface area contributed by atoms with Crippen LogP contribution in [0.1, 0.15) is 16.8 Å². The largest absolute Gasteiger partial charge is 0.369 e. The third-order valence-electron chi connectivity index (χ3n) is 2.51. The number of hydrogen-bond donors (Lipinski definition) is 1. The van der Waals surface area contributed by atoms with Gasteiger partial charge in [-0.15, -0.1) is 0 Å². The number of ketones is 1. The van der Waals surface area contributed by atoms with Crippen LogP contribution in [0, 0.1) is 0 Å². The number of rotatable bonds is 4. The zero-order valence-corrected chi connectivity index (χ0v) is 9.67. The molecular formula is C14H12N2O2. The third kappa shape index (κ3) is 2.79. The summed E-state index contributed by atoms with van der Waals surface area (Å²) in [4.78, 5) is 26.5. The fourth-order valence-corrected chi connectivity index (χ4v) is 1.67. The van der Waals surface area contributed by atoms with Crippen molar-refractivity contribution in [3.05, 3.63) is 54.4 Å². The molecule has 0 aliphatic rings. The first-order valence-electron chi connectivity index (χ1n) is 5.49. The monoisotopic (exact) mass is 240 g/mol. The number of carbonyl (C=O) groups excluding carboxylic acids is 2. The molecule has 4 nitrogen and oxygen atoms in total. The Morgan fingerprint density at radius 3 is 2.56 bits per heavy atom. The van der Waals surface area contributed by atoms with Crippen LogP contribution < -0.4 is 5.73 Å². The normalized spacial score (nSPS) is 10.0. The molecule has 0 radical (unpaired) electrons. The Bertz CT molecular complexity index is 579. The summed E-state index contributed by atoms with van der Waals surface area (Å²) < 4.78 is 0. The Hall–Kier alpha value is -2.49. The molecule has 90 valence electrons. The molecular weight excluding hydrogens is 228 g/mol. The van der Waals surface area contributed by atoms with E-state index in [4.69, 9.17) is 5.73 Å². The van der Waals surface area contributed by atoms with Crippen molar-refractivity contribution in [2.75, 3.05) is 0 Å². The van der Waals surface area contributed by atoms with Crippen molar-refractivity contribution in [1.29, 1.82) is 0 Å². The van der Waals surface area contributed by atoms with Gasteiger partial charge in [0.15, 0.2) is 5.78 Å². The lowest BCUT2D eigenvalue weighted by atomic mass is 10.0. The predicted octanol–water partition coefficient (Wildman–Crippen LogP) is 1.81. The zero-order valence-electron chi connectivity index (χ0n) is 9.67. The van der Waals surface area contributed by atoms with Crippen LogP contribution in [0.4, 0.5) is 0 Å². The number of carbonyl (C=O) groups is 2. The summed E-state index contributed by atoms with van der Waals surface area (Å²) in [5, 5.41) is 0. The van der Waals surface area contributed by atoms with E-state index in [1.54, 1.807) is 30.6 Å². The lowest BCUT2D eigenvalue weighted by Crippen LogP contribution is -2.16. The van der Waals surface area contributed by atoms with Crippen LogP contribution in [0.15, 0.2) is 48.8 Å². The summed E-state index contributed by atoms with van der Waals surface area (Å²) in [5.41, 5.74) is 7.30. The summed E-state index contributed by atoms with van der Waals surface area (Å²) in [6.45, 7) is 0. The number of aromatic nitrogens is 1. The maximum Gasteiger partial charge on any atom is 0.225 e. The highest BCUT2D eigenvalue weighted by molar-refractivity contribution is 6.07. The van der Waals surface area contributed by atoms with E-state index in [1.165, 1.54) is 0 Å². The number of hydrogen-bond acceptors (Lipinski definition) is 3. The molecule has 0 unspecified atom stereocenters. The van der Waals surface area contributed by atoms with Crippen LogP contribution in [0.5, 0.6) is 0 Å². The van der Waals surface area contributed by atoms with Gasteiger partial charge < -0.3 is 5.73 Å². The molecule has 18 heavy (non-hydrogen) atoms. The Morgan fingerprint density at radius 2 is 1.89 bits per heavy atom. The maximum atomic E-state index is 11.7. The van der Waals surface area contributed by atoms with Gasteiger partial charge in [-0.1, -0.05) is 24.3 Å². The van der Waals surface area contributed by atoms with Gasteiger partial charge in [0.1, 0.15) is 0 Å². The first-order chi connectivity index (χ1) is 8.66. The second-order valence-corrected chi connectivity index (χ2v) is 3.89. The van der Waals surface area contributed by atoms with E-state index in [0.717, 1.165) is 11.1 Å².